The number of imidazole rings is 1. The van der Waals surface area contributed by atoms with Crippen LogP contribution in [0.3, 0.4) is 0 Å². The first-order valence-electron chi connectivity index (χ1n) is 15.7. The SMILES string of the molecule is CC(C)(C)c1ccnc(N2c3cc(Oc4cccc(-n5cnc6c7oc8ccccc8c7ccc65)c4)ccc3C3C=CC=CC32)c1. The van der Waals surface area contributed by atoms with Gasteiger partial charge < -0.3 is 14.1 Å². The van der Waals surface area contributed by atoms with Gasteiger partial charge in [0, 0.05) is 35.0 Å². The molecule has 6 heteroatoms. The standard InChI is InChI=1S/C40H32N4O2/c1-40(2,3)25-19-20-41-37(21-25)44-33-13-6-4-11-29(33)30-16-15-28(23-35(30)44)45-27-10-8-9-26(22-27)43-24-42-38-34(43)18-17-32-31-12-5-7-14-36(31)46-39(32)38/h4-24,29,33H,1-3H3. The number of hydrogen-bond acceptors (Lipinski definition) is 5. The van der Waals surface area contributed by atoms with Crippen LogP contribution in [0.4, 0.5) is 11.5 Å². The molecule has 1 aliphatic carbocycles. The van der Waals surface area contributed by atoms with Gasteiger partial charge in [-0.15, -0.1) is 0 Å². The van der Waals surface area contributed by atoms with Crippen LogP contribution in [-0.2, 0) is 5.41 Å². The van der Waals surface area contributed by atoms with Gasteiger partial charge in [0.25, 0.3) is 0 Å². The lowest BCUT2D eigenvalue weighted by Crippen LogP contribution is -2.29. The van der Waals surface area contributed by atoms with E-state index < -0.39 is 0 Å². The van der Waals surface area contributed by atoms with Crippen LogP contribution in [0.1, 0.15) is 37.8 Å². The summed E-state index contributed by atoms with van der Waals surface area (Å²) in [6, 6.07) is 31.4. The molecule has 0 saturated carbocycles. The summed E-state index contributed by atoms with van der Waals surface area (Å²) in [6.07, 6.45) is 12.6. The topological polar surface area (TPSA) is 56.3 Å². The Morgan fingerprint density at radius 1 is 0.783 bits per heavy atom. The van der Waals surface area contributed by atoms with Gasteiger partial charge in [0.2, 0.25) is 0 Å². The van der Waals surface area contributed by atoms with Crippen LogP contribution in [0, 0.1) is 0 Å². The highest BCUT2D eigenvalue weighted by molar-refractivity contribution is 6.13. The Morgan fingerprint density at radius 3 is 2.57 bits per heavy atom. The summed E-state index contributed by atoms with van der Waals surface area (Å²) in [5.74, 6) is 2.73. The van der Waals surface area contributed by atoms with Crippen molar-refractivity contribution in [3.8, 4) is 17.2 Å². The second-order valence-electron chi connectivity index (χ2n) is 13.2. The average Bonchev–Trinajstić information content (AvgIpc) is 3.76. The zero-order valence-corrected chi connectivity index (χ0v) is 25.9. The predicted molar refractivity (Wildman–Crippen MR) is 185 cm³/mol. The Bertz CT molecular complexity index is 2370. The highest BCUT2D eigenvalue weighted by atomic mass is 16.5. The molecule has 2 atom stereocenters. The molecule has 2 unspecified atom stereocenters. The van der Waals surface area contributed by atoms with Crippen molar-refractivity contribution < 1.29 is 9.15 Å². The van der Waals surface area contributed by atoms with Gasteiger partial charge in [0.15, 0.2) is 5.58 Å². The summed E-state index contributed by atoms with van der Waals surface area (Å²) in [5, 5.41) is 2.17. The van der Waals surface area contributed by atoms with Crippen LogP contribution in [0.25, 0.3) is 38.7 Å². The van der Waals surface area contributed by atoms with E-state index in [-0.39, 0.29) is 17.4 Å². The monoisotopic (exact) mass is 600 g/mol. The van der Waals surface area contributed by atoms with Crippen molar-refractivity contribution in [1.82, 2.24) is 14.5 Å². The number of rotatable bonds is 4. The molecule has 224 valence electrons. The molecule has 9 rings (SSSR count). The molecule has 4 heterocycles. The minimum Gasteiger partial charge on any atom is -0.457 e. The Hall–Kier alpha value is -5.62. The van der Waals surface area contributed by atoms with Crippen molar-refractivity contribution in [1.29, 1.82) is 0 Å². The van der Waals surface area contributed by atoms with E-state index in [1.54, 1.807) is 0 Å². The summed E-state index contributed by atoms with van der Waals surface area (Å²) in [6.45, 7) is 6.71. The normalized spacial score (nSPS) is 17.2. The van der Waals surface area contributed by atoms with Crippen LogP contribution >= 0.6 is 0 Å². The maximum absolute atomic E-state index is 6.54. The number of aromatic nitrogens is 3. The number of ether oxygens (including phenoxy) is 1. The van der Waals surface area contributed by atoms with Crippen molar-refractivity contribution in [3.63, 3.8) is 0 Å². The summed E-state index contributed by atoms with van der Waals surface area (Å²) >= 11 is 0. The number of pyridine rings is 1. The highest BCUT2D eigenvalue weighted by Gasteiger charge is 2.38. The minimum atomic E-state index is 0.0244. The molecule has 1 aliphatic heterocycles. The van der Waals surface area contributed by atoms with Crippen molar-refractivity contribution in [2.75, 3.05) is 4.90 Å². The first-order chi connectivity index (χ1) is 22.4. The van der Waals surface area contributed by atoms with Gasteiger partial charge in [-0.05, 0) is 65.1 Å². The molecule has 0 amide bonds. The van der Waals surface area contributed by atoms with Gasteiger partial charge in [-0.25, -0.2) is 9.97 Å². The van der Waals surface area contributed by atoms with Crippen molar-refractivity contribution in [3.05, 3.63) is 139 Å². The molecule has 0 spiro atoms. The van der Waals surface area contributed by atoms with E-state index in [0.29, 0.717) is 0 Å². The van der Waals surface area contributed by atoms with Crippen LogP contribution < -0.4 is 9.64 Å². The van der Waals surface area contributed by atoms with E-state index >= 15 is 0 Å². The first kappa shape index (κ1) is 26.8. The van der Waals surface area contributed by atoms with E-state index in [1.807, 2.05) is 42.9 Å². The number of hydrogen-bond donors (Lipinski definition) is 0. The van der Waals surface area contributed by atoms with Crippen molar-refractivity contribution in [2.24, 2.45) is 0 Å². The molecule has 0 fully saturated rings. The number of furan rings is 1. The number of para-hydroxylation sites is 1. The number of anilines is 2. The fraction of sp³-hybridized carbons (Fsp3) is 0.150. The zero-order chi connectivity index (χ0) is 31.0. The van der Waals surface area contributed by atoms with Gasteiger partial charge in [0.05, 0.1) is 22.9 Å². The molecule has 7 aromatic rings. The maximum atomic E-state index is 6.54. The summed E-state index contributed by atoms with van der Waals surface area (Å²) in [7, 11) is 0. The average molecular weight is 601 g/mol. The third kappa shape index (κ3) is 4.17. The van der Waals surface area contributed by atoms with Crippen LogP contribution in [0.5, 0.6) is 11.5 Å². The second-order valence-corrected chi connectivity index (χ2v) is 13.2. The maximum Gasteiger partial charge on any atom is 0.163 e. The minimum absolute atomic E-state index is 0.0244. The zero-order valence-electron chi connectivity index (χ0n) is 25.9. The number of nitrogens with zero attached hydrogens (tertiary/aromatic N) is 4. The van der Waals surface area contributed by atoms with E-state index in [9.17, 15) is 0 Å². The van der Waals surface area contributed by atoms with Gasteiger partial charge in [0.1, 0.15) is 34.7 Å². The number of benzene rings is 4. The largest absolute Gasteiger partial charge is 0.457 e. The number of fused-ring (bicyclic) bond motifs is 8. The molecular formula is C40H32N4O2. The summed E-state index contributed by atoms with van der Waals surface area (Å²) < 4.78 is 14.9. The third-order valence-electron chi connectivity index (χ3n) is 9.28. The van der Waals surface area contributed by atoms with Crippen LogP contribution in [0.15, 0.2) is 132 Å². The van der Waals surface area contributed by atoms with E-state index in [2.05, 4.69) is 115 Å². The lowest BCUT2D eigenvalue weighted by atomic mass is 9.87. The smallest absolute Gasteiger partial charge is 0.163 e. The fourth-order valence-corrected chi connectivity index (χ4v) is 6.96. The second kappa shape index (κ2) is 9.94. The molecule has 0 saturated heterocycles. The highest BCUT2D eigenvalue weighted by Crippen LogP contribution is 2.49. The Balaban J connectivity index is 1.07. The van der Waals surface area contributed by atoms with Crippen LogP contribution in [-0.4, -0.2) is 20.6 Å². The molecule has 3 aromatic heterocycles. The molecule has 0 N–H and O–H groups in total. The van der Waals surface area contributed by atoms with Gasteiger partial charge in [-0.3, -0.25) is 4.57 Å². The van der Waals surface area contributed by atoms with Crippen molar-refractivity contribution >= 4 is 44.5 Å². The van der Waals surface area contributed by atoms with Crippen LogP contribution in [0.2, 0.25) is 0 Å². The molecule has 0 radical (unpaired) electrons. The predicted octanol–water partition coefficient (Wildman–Crippen LogP) is 10.1. The molecule has 6 nitrogen and oxygen atoms in total. The molecule has 4 aromatic carbocycles. The van der Waals surface area contributed by atoms with Gasteiger partial charge in [-0.1, -0.05) is 75.4 Å². The molecule has 2 aliphatic rings. The third-order valence-corrected chi connectivity index (χ3v) is 9.28. The Morgan fingerprint density at radius 2 is 1.65 bits per heavy atom. The molecule has 0 bridgehead atoms. The first-order valence-corrected chi connectivity index (χ1v) is 15.7. The Kier molecular flexibility index (Phi) is 5.78. The van der Waals surface area contributed by atoms with E-state index in [4.69, 9.17) is 19.1 Å². The lowest BCUT2D eigenvalue weighted by molar-refractivity contribution is 0.482. The molecular weight excluding hydrogens is 568 g/mol. The van der Waals surface area contributed by atoms with E-state index in [0.717, 1.165) is 61.7 Å². The van der Waals surface area contributed by atoms with Gasteiger partial charge in [-0.2, -0.15) is 0 Å². The Labute approximate surface area is 266 Å². The lowest BCUT2D eigenvalue weighted by Gasteiger charge is -2.29. The summed E-state index contributed by atoms with van der Waals surface area (Å²) in [4.78, 5) is 12.0. The van der Waals surface area contributed by atoms with Crippen molar-refractivity contribution in [2.45, 2.75) is 38.1 Å². The fourth-order valence-electron chi connectivity index (χ4n) is 6.96. The quantitative estimate of drug-likeness (QED) is 0.201. The van der Waals surface area contributed by atoms with Gasteiger partial charge >= 0.3 is 0 Å². The van der Waals surface area contributed by atoms with E-state index in [1.165, 1.54) is 11.1 Å². The number of allylic oxidation sites excluding steroid dienone is 2. The summed E-state index contributed by atoms with van der Waals surface area (Å²) in [5.41, 5.74) is 8.13. The molecule has 46 heavy (non-hydrogen) atoms.